The molecule has 0 bridgehead atoms. The standard InChI is InChI=1S/C15H23N3O10.C9H11NO3/c16-7(1-4-10(19)20)13(25)17-8(2-5-11(21)22)14(26)18-9(15(27)28)3-6-12(23)24;10-8(9(12)13)5-6-1-3-7(11)4-2-6/h7-9H,1-6,16H2,(H,17,25)(H,18,26)(H,19,20)(H,21,22)(H,23,24)(H,27,28);1-4,8,11H,5,10H2,(H,12,13)/t7-,8-,9-;8-/m00/s1. The van der Waals surface area contributed by atoms with E-state index < -0.39 is 91.5 Å². The Hall–Kier alpha value is -4.77. The minimum Gasteiger partial charge on any atom is -0.508 e. The third-order valence-corrected chi connectivity index (χ3v) is 5.26. The lowest BCUT2D eigenvalue weighted by Gasteiger charge is -2.22. The third-order valence-electron chi connectivity index (χ3n) is 5.26. The highest BCUT2D eigenvalue weighted by molar-refractivity contribution is 5.92. The molecule has 0 unspecified atom stereocenters. The Balaban J connectivity index is 0.00000102. The van der Waals surface area contributed by atoms with Gasteiger partial charge in [0.2, 0.25) is 11.8 Å². The van der Waals surface area contributed by atoms with E-state index in [0.717, 1.165) is 5.56 Å². The first-order valence-electron chi connectivity index (χ1n) is 12.0. The molecule has 0 fully saturated rings. The number of hydrogen-bond acceptors (Lipinski definition) is 10. The smallest absolute Gasteiger partial charge is 0.326 e. The highest BCUT2D eigenvalue weighted by Crippen LogP contribution is 2.10. The number of hydrogen-bond donors (Lipinski definition) is 10. The van der Waals surface area contributed by atoms with Gasteiger partial charge >= 0.3 is 29.8 Å². The maximum atomic E-state index is 12.3. The summed E-state index contributed by atoms with van der Waals surface area (Å²) in [6, 6.07) is 1.13. The van der Waals surface area contributed by atoms with Crippen LogP contribution in [0.1, 0.15) is 44.1 Å². The molecule has 1 aromatic rings. The number of benzene rings is 1. The Morgan fingerprint density at radius 3 is 1.49 bits per heavy atom. The summed E-state index contributed by atoms with van der Waals surface area (Å²) in [5.74, 6) is -8.05. The van der Waals surface area contributed by atoms with Crippen LogP contribution in [0.2, 0.25) is 0 Å². The number of carboxylic acids is 5. The van der Waals surface area contributed by atoms with Gasteiger partial charge in [-0.25, -0.2) is 4.79 Å². The Morgan fingerprint density at radius 1 is 0.610 bits per heavy atom. The van der Waals surface area contributed by atoms with Crippen molar-refractivity contribution in [3.05, 3.63) is 29.8 Å². The van der Waals surface area contributed by atoms with Gasteiger partial charge in [-0.2, -0.15) is 0 Å². The zero-order valence-electron chi connectivity index (χ0n) is 21.8. The summed E-state index contributed by atoms with van der Waals surface area (Å²) < 4.78 is 0. The summed E-state index contributed by atoms with van der Waals surface area (Å²) >= 11 is 0. The fourth-order valence-corrected chi connectivity index (χ4v) is 3.00. The van der Waals surface area contributed by atoms with E-state index >= 15 is 0 Å². The largest absolute Gasteiger partial charge is 0.508 e. The van der Waals surface area contributed by atoms with E-state index in [0.29, 0.717) is 0 Å². The summed E-state index contributed by atoms with van der Waals surface area (Å²) in [7, 11) is 0. The molecule has 1 aromatic carbocycles. The second kappa shape index (κ2) is 18.5. The van der Waals surface area contributed by atoms with Crippen LogP contribution < -0.4 is 22.1 Å². The number of phenols is 1. The quantitative estimate of drug-likeness (QED) is 0.0973. The van der Waals surface area contributed by atoms with Crippen LogP contribution in [0.5, 0.6) is 5.75 Å². The van der Waals surface area contributed by atoms with Gasteiger partial charge in [-0.3, -0.25) is 28.8 Å². The highest BCUT2D eigenvalue weighted by Gasteiger charge is 2.28. The summed E-state index contributed by atoms with van der Waals surface area (Å²) in [6.07, 6.45) is -2.24. The second-order valence-corrected chi connectivity index (χ2v) is 8.68. The first kappa shape index (κ1) is 36.2. The molecule has 0 spiro atoms. The minimum atomic E-state index is -1.56. The van der Waals surface area contributed by atoms with E-state index in [-0.39, 0.29) is 25.0 Å². The van der Waals surface area contributed by atoms with Crippen molar-refractivity contribution in [3.8, 4) is 5.75 Å². The van der Waals surface area contributed by atoms with E-state index in [4.69, 9.17) is 42.1 Å². The van der Waals surface area contributed by atoms with Crippen LogP contribution in [0.15, 0.2) is 24.3 Å². The molecular weight excluding hydrogens is 552 g/mol. The van der Waals surface area contributed by atoms with Crippen LogP contribution >= 0.6 is 0 Å². The number of amides is 2. The number of phenolic OH excluding ortho intramolecular Hbond substituents is 1. The monoisotopic (exact) mass is 586 g/mol. The van der Waals surface area contributed by atoms with Gasteiger partial charge in [0.05, 0.1) is 6.04 Å². The average molecular weight is 587 g/mol. The van der Waals surface area contributed by atoms with Crippen LogP contribution in [0.3, 0.4) is 0 Å². The molecule has 0 aliphatic carbocycles. The molecule has 17 nitrogen and oxygen atoms in total. The Morgan fingerprint density at radius 2 is 1.05 bits per heavy atom. The van der Waals surface area contributed by atoms with Crippen molar-refractivity contribution in [2.45, 2.75) is 69.1 Å². The van der Waals surface area contributed by atoms with Crippen LogP contribution in [-0.4, -0.2) is 96.5 Å². The Bertz CT molecular complexity index is 1080. The number of nitrogens with two attached hydrogens (primary N) is 2. The average Bonchev–Trinajstić information content (AvgIpc) is 2.88. The molecule has 0 saturated carbocycles. The van der Waals surface area contributed by atoms with E-state index in [1.54, 1.807) is 12.1 Å². The molecule has 1 rings (SSSR count). The summed E-state index contributed by atoms with van der Waals surface area (Å²) in [4.78, 5) is 77.6. The number of carboxylic acid groups (broad SMARTS) is 5. The number of nitrogens with one attached hydrogen (secondary N) is 2. The van der Waals surface area contributed by atoms with Gasteiger partial charge < -0.3 is 52.7 Å². The molecule has 2 amide bonds. The van der Waals surface area contributed by atoms with Gasteiger partial charge in [0, 0.05) is 19.3 Å². The van der Waals surface area contributed by atoms with Gasteiger partial charge in [-0.15, -0.1) is 0 Å². The molecule has 0 radical (unpaired) electrons. The SMILES string of the molecule is N[C@@H](CCC(=O)O)C(=O)N[C@@H](CCC(=O)O)C(=O)N[C@@H](CCC(=O)O)C(=O)O.N[C@@H](Cc1ccc(O)cc1)C(=O)O. The lowest BCUT2D eigenvalue weighted by Crippen LogP contribution is -2.54. The van der Waals surface area contributed by atoms with Crippen molar-refractivity contribution in [2.24, 2.45) is 11.5 Å². The van der Waals surface area contributed by atoms with Crippen LogP contribution in [0.4, 0.5) is 0 Å². The second-order valence-electron chi connectivity index (χ2n) is 8.68. The first-order valence-corrected chi connectivity index (χ1v) is 12.0. The fourth-order valence-electron chi connectivity index (χ4n) is 3.00. The number of aromatic hydroxyl groups is 1. The van der Waals surface area contributed by atoms with Crippen molar-refractivity contribution in [3.63, 3.8) is 0 Å². The predicted octanol–water partition coefficient (Wildman–Crippen LogP) is -1.69. The number of aliphatic carboxylic acids is 5. The molecule has 4 atom stereocenters. The van der Waals surface area contributed by atoms with Gasteiger partial charge in [0.1, 0.15) is 23.9 Å². The molecule has 0 heterocycles. The Labute approximate surface area is 233 Å². The van der Waals surface area contributed by atoms with E-state index in [2.05, 4.69) is 5.32 Å². The normalized spacial score (nSPS) is 13.2. The van der Waals surface area contributed by atoms with Gasteiger partial charge in [0.15, 0.2) is 0 Å². The van der Waals surface area contributed by atoms with Crippen LogP contribution in [-0.2, 0) is 40.0 Å². The topological polar surface area (TPSA) is 317 Å². The fraction of sp³-hybridized carbons (Fsp3) is 0.458. The predicted molar refractivity (Wildman–Crippen MR) is 138 cm³/mol. The molecular formula is C24H34N4O13. The third kappa shape index (κ3) is 16.7. The zero-order chi connectivity index (χ0) is 31.7. The van der Waals surface area contributed by atoms with Gasteiger partial charge in [-0.05, 0) is 43.4 Å². The minimum absolute atomic E-state index is 0.160. The van der Waals surface area contributed by atoms with Crippen molar-refractivity contribution in [1.82, 2.24) is 10.6 Å². The van der Waals surface area contributed by atoms with Crippen molar-refractivity contribution >= 4 is 41.7 Å². The van der Waals surface area contributed by atoms with Gasteiger partial charge in [0.25, 0.3) is 0 Å². The highest BCUT2D eigenvalue weighted by atomic mass is 16.4. The number of rotatable bonds is 17. The van der Waals surface area contributed by atoms with Crippen molar-refractivity contribution < 1.29 is 64.2 Å². The van der Waals surface area contributed by atoms with Crippen molar-refractivity contribution in [1.29, 1.82) is 0 Å². The number of carbonyl (C=O) groups excluding carboxylic acids is 2. The molecule has 17 heteroatoms. The molecule has 228 valence electrons. The molecule has 0 aromatic heterocycles. The molecule has 0 aliphatic heterocycles. The maximum Gasteiger partial charge on any atom is 0.326 e. The number of carbonyl (C=O) groups is 7. The van der Waals surface area contributed by atoms with Crippen LogP contribution in [0.25, 0.3) is 0 Å². The molecule has 0 aliphatic rings. The Kier molecular flexibility index (Phi) is 16.4. The lowest BCUT2D eigenvalue weighted by atomic mass is 10.1. The first-order chi connectivity index (χ1) is 19.0. The summed E-state index contributed by atoms with van der Waals surface area (Å²) in [6.45, 7) is 0. The zero-order valence-corrected chi connectivity index (χ0v) is 21.8. The van der Waals surface area contributed by atoms with E-state index in [1.165, 1.54) is 12.1 Å². The summed E-state index contributed by atoms with van der Waals surface area (Å²) in [5.41, 5.74) is 11.6. The lowest BCUT2D eigenvalue weighted by molar-refractivity contribution is -0.144. The molecule has 12 N–H and O–H groups in total. The molecule has 0 saturated heterocycles. The molecule has 41 heavy (non-hydrogen) atoms. The van der Waals surface area contributed by atoms with E-state index in [1.807, 2.05) is 5.32 Å². The van der Waals surface area contributed by atoms with E-state index in [9.17, 15) is 33.6 Å². The maximum absolute atomic E-state index is 12.3. The van der Waals surface area contributed by atoms with Crippen molar-refractivity contribution in [2.75, 3.05) is 0 Å². The van der Waals surface area contributed by atoms with Gasteiger partial charge in [-0.1, -0.05) is 12.1 Å². The van der Waals surface area contributed by atoms with Crippen LogP contribution in [0, 0.1) is 0 Å². The summed E-state index contributed by atoms with van der Waals surface area (Å²) in [5, 5.41) is 56.7.